The summed E-state index contributed by atoms with van der Waals surface area (Å²) in [5.41, 5.74) is 1.45. The maximum atomic E-state index is 12.5. The fourth-order valence-electron chi connectivity index (χ4n) is 2.36. The van der Waals surface area contributed by atoms with E-state index in [-0.39, 0.29) is 22.7 Å². The topological polar surface area (TPSA) is 81.9 Å². The minimum atomic E-state index is -0.616. The van der Waals surface area contributed by atoms with Gasteiger partial charge in [-0.3, -0.25) is 14.9 Å². The maximum absolute atomic E-state index is 12.5. The first kappa shape index (κ1) is 19.0. The number of ketones is 1. The number of nitro benzene ring substituents is 1. The van der Waals surface area contributed by atoms with E-state index in [9.17, 15) is 14.9 Å². The van der Waals surface area contributed by atoms with Crippen LogP contribution in [0, 0.1) is 10.1 Å². The summed E-state index contributed by atoms with van der Waals surface area (Å²) in [6.07, 6.45) is 2.92. The van der Waals surface area contributed by atoms with Gasteiger partial charge in [0.15, 0.2) is 17.3 Å². The number of anilines is 1. The molecule has 0 aromatic heterocycles. The Morgan fingerprint density at radius 3 is 2.15 bits per heavy atom. The molecule has 0 heterocycles. The summed E-state index contributed by atoms with van der Waals surface area (Å²) in [5.74, 6) is -0.0430. The molecule has 7 nitrogen and oxygen atoms in total. The smallest absolute Gasteiger partial charge is 0.284 e. The molecule has 0 aliphatic rings. The van der Waals surface area contributed by atoms with Crippen LogP contribution in [0.5, 0.6) is 11.5 Å². The SMILES string of the molecule is COc1cc(C(=O)C=Cc2ccc(N(C)C)cc2)c([N+](=O)[O-])cc1OC. The third-order valence-corrected chi connectivity index (χ3v) is 3.80. The lowest BCUT2D eigenvalue weighted by Gasteiger charge is -2.11. The zero-order valence-corrected chi connectivity index (χ0v) is 15.1. The molecule has 0 atom stereocenters. The van der Waals surface area contributed by atoms with Crippen LogP contribution in [0.3, 0.4) is 0 Å². The second-order valence-electron chi connectivity index (χ2n) is 5.66. The van der Waals surface area contributed by atoms with E-state index < -0.39 is 10.7 Å². The van der Waals surface area contributed by atoms with Crippen LogP contribution in [0.25, 0.3) is 6.08 Å². The molecule has 0 radical (unpaired) electrons. The molecule has 0 unspecified atom stereocenters. The number of methoxy groups -OCH3 is 2. The van der Waals surface area contributed by atoms with Crippen molar-refractivity contribution in [3.8, 4) is 11.5 Å². The third-order valence-electron chi connectivity index (χ3n) is 3.80. The summed E-state index contributed by atoms with van der Waals surface area (Å²) in [7, 11) is 6.65. The van der Waals surface area contributed by atoms with Crippen molar-refractivity contribution in [3.63, 3.8) is 0 Å². The molecule has 0 aliphatic carbocycles. The van der Waals surface area contributed by atoms with Gasteiger partial charge in [-0.2, -0.15) is 0 Å². The van der Waals surface area contributed by atoms with Gasteiger partial charge in [0.2, 0.25) is 0 Å². The minimum absolute atomic E-state index is 0.0613. The number of rotatable bonds is 7. The molecule has 0 saturated heterocycles. The lowest BCUT2D eigenvalue weighted by molar-refractivity contribution is -0.385. The van der Waals surface area contributed by atoms with Crippen LogP contribution in [0.2, 0.25) is 0 Å². The van der Waals surface area contributed by atoms with Gasteiger partial charge in [0.05, 0.1) is 25.2 Å². The van der Waals surface area contributed by atoms with Crippen LogP contribution in [0.4, 0.5) is 11.4 Å². The van der Waals surface area contributed by atoms with Crippen molar-refractivity contribution >= 4 is 23.2 Å². The lowest BCUT2D eigenvalue weighted by Crippen LogP contribution is -2.07. The fraction of sp³-hybridized carbons (Fsp3) is 0.211. The first-order valence-corrected chi connectivity index (χ1v) is 7.77. The van der Waals surface area contributed by atoms with Gasteiger partial charge in [0.25, 0.3) is 5.69 Å². The van der Waals surface area contributed by atoms with Crippen molar-refractivity contribution in [2.75, 3.05) is 33.2 Å². The predicted molar refractivity (Wildman–Crippen MR) is 100 cm³/mol. The standard InChI is InChI=1S/C19H20N2O5/c1-20(2)14-8-5-13(6-9-14)7-10-17(22)15-11-18(25-3)19(26-4)12-16(15)21(23)24/h5-12H,1-4H3. The maximum Gasteiger partial charge on any atom is 0.284 e. The second-order valence-corrected chi connectivity index (χ2v) is 5.66. The van der Waals surface area contributed by atoms with Crippen molar-refractivity contribution in [2.24, 2.45) is 0 Å². The molecule has 0 N–H and O–H groups in total. The molecular formula is C19H20N2O5. The van der Waals surface area contributed by atoms with Gasteiger partial charge in [-0.15, -0.1) is 0 Å². The number of hydrogen-bond donors (Lipinski definition) is 0. The fourth-order valence-corrected chi connectivity index (χ4v) is 2.36. The summed E-state index contributed by atoms with van der Waals surface area (Å²) in [6.45, 7) is 0. The zero-order chi connectivity index (χ0) is 19.3. The Labute approximate surface area is 151 Å². The monoisotopic (exact) mass is 356 g/mol. The third kappa shape index (κ3) is 4.18. The van der Waals surface area contributed by atoms with Gasteiger partial charge in [-0.05, 0) is 23.8 Å². The Morgan fingerprint density at radius 2 is 1.65 bits per heavy atom. The molecule has 136 valence electrons. The molecular weight excluding hydrogens is 336 g/mol. The number of benzene rings is 2. The number of nitrogens with zero attached hydrogens (tertiary/aromatic N) is 2. The van der Waals surface area contributed by atoms with E-state index in [4.69, 9.17) is 9.47 Å². The van der Waals surface area contributed by atoms with Crippen molar-refractivity contribution in [1.82, 2.24) is 0 Å². The van der Waals surface area contributed by atoms with Gasteiger partial charge in [0.1, 0.15) is 5.56 Å². The first-order chi connectivity index (χ1) is 12.4. The van der Waals surface area contributed by atoms with Crippen molar-refractivity contribution in [3.05, 3.63) is 63.7 Å². The average Bonchev–Trinajstić information content (AvgIpc) is 2.65. The van der Waals surface area contributed by atoms with E-state index in [1.807, 2.05) is 43.3 Å². The van der Waals surface area contributed by atoms with Crippen molar-refractivity contribution in [2.45, 2.75) is 0 Å². The molecule has 26 heavy (non-hydrogen) atoms. The van der Waals surface area contributed by atoms with Gasteiger partial charge < -0.3 is 14.4 Å². The first-order valence-electron chi connectivity index (χ1n) is 7.77. The Hall–Kier alpha value is -3.35. The molecule has 0 spiro atoms. The molecule has 0 amide bonds. The molecule has 0 bridgehead atoms. The lowest BCUT2D eigenvalue weighted by atomic mass is 10.1. The van der Waals surface area contributed by atoms with E-state index in [0.717, 1.165) is 11.3 Å². The summed E-state index contributed by atoms with van der Waals surface area (Å²) >= 11 is 0. The Kier molecular flexibility index (Phi) is 5.95. The normalized spacial score (nSPS) is 10.6. The minimum Gasteiger partial charge on any atom is -0.493 e. The highest BCUT2D eigenvalue weighted by molar-refractivity contribution is 6.10. The Balaban J connectivity index is 2.34. The molecule has 7 heteroatoms. The van der Waals surface area contributed by atoms with Crippen LogP contribution in [-0.4, -0.2) is 39.0 Å². The predicted octanol–water partition coefficient (Wildman–Crippen LogP) is 3.57. The van der Waals surface area contributed by atoms with Gasteiger partial charge >= 0.3 is 0 Å². The van der Waals surface area contributed by atoms with E-state index in [2.05, 4.69) is 0 Å². The number of hydrogen-bond acceptors (Lipinski definition) is 6. The van der Waals surface area contributed by atoms with Crippen molar-refractivity contribution < 1.29 is 19.2 Å². The molecule has 0 saturated carbocycles. The highest BCUT2D eigenvalue weighted by Gasteiger charge is 2.23. The molecule has 2 aromatic carbocycles. The van der Waals surface area contributed by atoms with Crippen LogP contribution < -0.4 is 14.4 Å². The summed E-state index contributed by atoms with van der Waals surface area (Å²) in [6, 6.07) is 10.1. The van der Waals surface area contributed by atoms with Crippen molar-refractivity contribution in [1.29, 1.82) is 0 Å². The highest BCUT2D eigenvalue weighted by atomic mass is 16.6. The summed E-state index contributed by atoms with van der Waals surface area (Å²) in [5, 5.41) is 11.3. The van der Waals surface area contributed by atoms with E-state index in [1.54, 1.807) is 6.08 Å². The number of carbonyl (C=O) groups excluding carboxylic acids is 1. The summed E-state index contributed by atoms with van der Waals surface area (Å²) < 4.78 is 10.2. The second kappa shape index (κ2) is 8.15. The van der Waals surface area contributed by atoms with Gasteiger partial charge in [-0.25, -0.2) is 0 Å². The van der Waals surface area contributed by atoms with Crippen LogP contribution in [0.15, 0.2) is 42.5 Å². The zero-order valence-electron chi connectivity index (χ0n) is 15.1. The largest absolute Gasteiger partial charge is 0.493 e. The quantitative estimate of drug-likeness (QED) is 0.326. The molecule has 2 rings (SSSR count). The number of ether oxygens (including phenoxy) is 2. The Bertz CT molecular complexity index is 842. The van der Waals surface area contributed by atoms with E-state index in [0.29, 0.717) is 0 Å². The van der Waals surface area contributed by atoms with Gasteiger partial charge in [-0.1, -0.05) is 18.2 Å². The highest BCUT2D eigenvalue weighted by Crippen LogP contribution is 2.34. The van der Waals surface area contributed by atoms with Gasteiger partial charge in [0, 0.05) is 25.8 Å². The van der Waals surface area contributed by atoms with Crippen LogP contribution >= 0.6 is 0 Å². The molecule has 0 aliphatic heterocycles. The Morgan fingerprint density at radius 1 is 1.08 bits per heavy atom. The van der Waals surface area contributed by atoms with E-state index >= 15 is 0 Å². The van der Waals surface area contributed by atoms with Crippen LogP contribution in [0.1, 0.15) is 15.9 Å². The molecule has 2 aromatic rings. The van der Waals surface area contributed by atoms with Crippen LogP contribution in [-0.2, 0) is 0 Å². The van der Waals surface area contributed by atoms with E-state index in [1.165, 1.54) is 32.4 Å². The number of carbonyl (C=O) groups is 1. The number of nitro groups is 1. The number of allylic oxidation sites excluding steroid dienone is 1. The molecule has 0 fully saturated rings. The summed E-state index contributed by atoms with van der Waals surface area (Å²) in [4.78, 5) is 25.1. The average molecular weight is 356 g/mol.